The van der Waals surface area contributed by atoms with Gasteiger partial charge in [-0.3, -0.25) is 4.90 Å². The fourth-order valence-electron chi connectivity index (χ4n) is 2.90. The molecule has 116 valence electrons. The molecule has 2 aromatic rings. The Hall–Kier alpha value is -1.39. The lowest BCUT2D eigenvalue weighted by Crippen LogP contribution is -2.53. The number of benzene rings is 2. The van der Waals surface area contributed by atoms with Gasteiger partial charge < -0.3 is 10.4 Å². The summed E-state index contributed by atoms with van der Waals surface area (Å²) < 4.78 is 0. The third-order valence-electron chi connectivity index (χ3n) is 4.34. The number of nitrogens with one attached hydrogen (secondary N) is 1. The quantitative estimate of drug-likeness (QED) is 0.913. The van der Waals surface area contributed by atoms with Crippen LogP contribution in [0.25, 0.3) is 11.1 Å². The molecule has 0 spiro atoms. The first kappa shape index (κ1) is 15.5. The summed E-state index contributed by atoms with van der Waals surface area (Å²) >= 11 is 5.93. The lowest BCUT2D eigenvalue weighted by atomic mass is 9.98. The number of piperazine rings is 1. The molecule has 1 unspecified atom stereocenters. The van der Waals surface area contributed by atoms with Crippen molar-refractivity contribution in [3.8, 4) is 11.1 Å². The number of aliphatic hydroxyl groups is 1. The monoisotopic (exact) mass is 316 g/mol. The maximum Gasteiger partial charge on any atom is 0.141 e. The Kier molecular flexibility index (Phi) is 4.50. The van der Waals surface area contributed by atoms with E-state index in [4.69, 9.17) is 11.6 Å². The van der Waals surface area contributed by atoms with E-state index in [0.29, 0.717) is 0 Å². The Morgan fingerprint density at radius 2 is 1.45 bits per heavy atom. The lowest BCUT2D eigenvalue weighted by molar-refractivity contribution is -0.105. The van der Waals surface area contributed by atoms with Gasteiger partial charge in [0, 0.05) is 31.2 Å². The molecular weight excluding hydrogens is 296 g/mol. The molecule has 2 aromatic carbocycles. The minimum atomic E-state index is -0.930. The van der Waals surface area contributed by atoms with Crippen molar-refractivity contribution in [3.63, 3.8) is 0 Å². The highest BCUT2D eigenvalue weighted by atomic mass is 35.5. The molecule has 22 heavy (non-hydrogen) atoms. The number of hydrogen-bond donors (Lipinski definition) is 2. The van der Waals surface area contributed by atoms with Gasteiger partial charge in [-0.2, -0.15) is 0 Å². The van der Waals surface area contributed by atoms with Gasteiger partial charge in [0.05, 0.1) is 0 Å². The van der Waals surface area contributed by atoms with Gasteiger partial charge in [-0.15, -0.1) is 0 Å². The topological polar surface area (TPSA) is 35.5 Å². The van der Waals surface area contributed by atoms with Gasteiger partial charge in [-0.1, -0.05) is 48.0 Å². The van der Waals surface area contributed by atoms with Crippen molar-refractivity contribution in [2.45, 2.75) is 12.6 Å². The van der Waals surface area contributed by atoms with E-state index in [9.17, 15) is 5.11 Å². The minimum absolute atomic E-state index is 0.738. The molecule has 1 atom stereocenters. The van der Waals surface area contributed by atoms with E-state index >= 15 is 0 Å². The summed E-state index contributed by atoms with van der Waals surface area (Å²) in [6, 6.07) is 15.9. The Morgan fingerprint density at radius 3 is 2.00 bits per heavy atom. The van der Waals surface area contributed by atoms with E-state index in [2.05, 4.69) is 22.3 Å². The van der Waals surface area contributed by atoms with Crippen LogP contribution in [0.4, 0.5) is 0 Å². The molecule has 2 N–H and O–H groups in total. The highest BCUT2D eigenvalue weighted by molar-refractivity contribution is 6.30. The molecule has 0 aliphatic carbocycles. The molecule has 1 aliphatic heterocycles. The fraction of sp³-hybridized carbons (Fsp3) is 0.333. The molecular formula is C18H21ClN2O. The van der Waals surface area contributed by atoms with E-state index in [-0.39, 0.29) is 0 Å². The molecule has 0 saturated carbocycles. The summed E-state index contributed by atoms with van der Waals surface area (Å²) in [5, 5.41) is 14.9. The summed E-state index contributed by atoms with van der Waals surface area (Å²) in [5.41, 5.74) is 2.24. The standard InChI is InChI=1S/C18H21ClN2O/c1-18(22,21-12-10-20-11-13-21)16-6-2-14(3-7-16)15-4-8-17(19)9-5-15/h2-9,20,22H,10-13H2,1H3. The maximum atomic E-state index is 10.9. The van der Waals surface area contributed by atoms with Gasteiger partial charge in [0.2, 0.25) is 0 Å². The van der Waals surface area contributed by atoms with Gasteiger partial charge >= 0.3 is 0 Å². The molecule has 0 amide bonds. The van der Waals surface area contributed by atoms with E-state index < -0.39 is 5.72 Å². The molecule has 4 heteroatoms. The van der Waals surface area contributed by atoms with Crippen molar-refractivity contribution in [1.82, 2.24) is 10.2 Å². The summed E-state index contributed by atoms with van der Waals surface area (Å²) in [6.07, 6.45) is 0. The average molecular weight is 317 g/mol. The zero-order chi connectivity index (χ0) is 15.6. The summed E-state index contributed by atoms with van der Waals surface area (Å²) in [5.74, 6) is 0. The van der Waals surface area contributed by atoms with Crippen LogP contribution in [0.1, 0.15) is 12.5 Å². The van der Waals surface area contributed by atoms with Crippen LogP contribution in [0.2, 0.25) is 5.02 Å². The fourth-order valence-corrected chi connectivity index (χ4v) is 3.03. The van der Waals surface area contributed by atoms with Crippen LogP contribution < -0.4 is 5.32 Å². The molecule has 0 radical (unpaired) electrons. The second kappa shape index (κ2) is 6.39. The van der Waals surface area contributed by atoms with Crippen LogP contribution in [0, 0.1) is 0 Å². The average Bonchev–Trinajstić information content (AvgIpc) is 2.56. The summed E-state index contributed by atoms with van der Waals surface area (Å²) in [6.45, 7) is 5.41. The molecule has 0 bridgehead atoms. The molecule has 0 aromatic heterocycles. The summed E-state index contributed by atoms with van der Waals surface area (Å²) in [4.78, 5) is 2.11. The number of rotatable bonds is 3. The zero-order valence-corrected chi connectivity index (χ0v) is 13.5. The highest BCUT2D eigenvalue weighted by Crippen LogP contribution is 2.28. The highest BCUT2D eigenvalue weighted by Gasteiger charge is 2.31. The van der Waals surface area contributed by atoms with Gasteiger partial charge in [-0.05, 0) is 35.7 Å². The van der Waals surface area contributed by atoms with Crippen LogP contribution in [0.15, 0.2) is 48.5 Å². The van der Waals surface area contributed by atoms with Crippen molar-refractivity contribution in [2.75, 3.05) is 26.2 Å². The van der Waals surface area contributed by atoms with E-state index in [1.807, 2.05) is 43.3 Å². The van der Waals surface area contributed by atoms with Crippen LogP contribution >= 0.6 is 11.6 Å². The van der Waals surface area contributed by atoms with Gasteiger partial charge in [0.25, 0.3) is 0 Å². The maximum absolute atomic E-state index is 10.9. The van der Waals surface area contributed by atoms with Crippen molar-refractivity contribution >= 4 is 11.6 Å². The van der Waals surface area contributed by atoms with Gasteiger partial charge in [0.1, 0.15) is 5.72 Å². The Labute approximate surface area is 136 Å². The third-order valence-corrected chi connectivity index (χ3v) is 4.59. The van der Waals surface area contributed by atoms with Crippen molar-refractivity contribution in [1.29, 1.82) is 0 Å². The molecule has 1 heterocycles. The summed E-state index contributed by atoms with van der Waals surface area (Å²) in [7, 11) is 0. The van der Waals surface area contributed by atoms with Crippen molar-refractivity contribution in [2.24, 2.45) is 0 Å². The first-order valence-corrected chi connectivity index (χ1v) is 8.00. The Bertz CT molecular complexity index is 617. The first-order chi connectivity index (χ1) is 10.6. The predicted octanol–water partition coefficient (Wildman–Crippen LogP) is 3.08. The largest absolute Gasteiger partial charge is 0.372 e. The second-order valence-corrected chi connectivity index (χ2v) is 6.28. The van der Waals surface area contributed by atoms with Gasteiger partial charge in [0.15, 0.2) is 0 Å². The third kappa shape index (κ3) is 3.18. The zero-order valence-electron chi connectivity index (χ0n) is 12.7. The van der Waals surface area contributed by atoms with Crippen LogP contribution in [0.5, 0.6) is 0 Å². The predicted molar refractivity (Wildman–Crippen MR) is 90.9 cm³/mol. The number of halogens is 1. The molecule has 1 aliphatic rings. The van der Waals surface area contributed by atoms with E-state index in [1.165, 1.54) is 0 Å². The smallest absolute Gasteiger partial charge is 0.141 e. The van der Waals surface area contributed by atoms with Crippen LogP contribution in [-0.4, -0.2) is 36.2 Å². The van der Waals surface area contributed by atoms with E-state index in [0.717, 1.165) is 47.9 Å². The molecule has 3 rings (SSSR count). The van der Waals surface area contributed by atoms with Crippen LogP contribution in [-0.2, 0) is 5.72 Å². The lowest BCUT2D eigenvalue weighted by Gasteiger charge is -2.40. The molecule has 1 fully saturated rings. The molecule has 3 nitrogen and oxygen atoms in total. The van der Waals surface area contributed by atoms with Crippen molar-refractivity contribution < 1.29 is 5.11 Å². The second-order valence-electron chi connectivity index (χ2n) is 5.84. The number of hydrogen-bond acceptors (Lipinski definition) is 3. The minimum Gasteiger partial charge on any atom is -0.372 e. The van der Waals surface area contributed by atoms with E-state index in [1.54, 1.807) is 0 Å². The van der Waals surface area contributed by atoms with Gasteiger partial charge in [-0.25, -0.2) is 0 Å². The normalized spacial score (nSPS) is 18.9. The first-order valence-electron chi connectivity index (χ1n) is 7.62. The Morgan fingerprint density at radius 1 is 0.955 bits per heavy atom. The number of nitrogens with zero attached hydrogens (tertiary/aromatic N) is 1. The molecule has 1 saturated heterocycles. The van der Waals surface area contributed by atoms with Crippen molar-refractivity contribution in [3.05, 3.63) is 59.1 Å². The Balaban J connectivity index is 1.82. The SMILES string of the molecule is CC(O)(c1ccc(-c2ccc(Cl)cc2)cc1)N1CCNCC1. The van der Waals surface area contributed by atoms with Crippen LogP contribution in [0.3, 0.4) is 0 Å².